The van der Waals surface area contributed by atoms with Crippen molar-refractivity contribution in [3.8, 4) is 0 Å². The fourth-order valence-corrected chi connectivity index (χ4v) is 3.66. The van der Waals surface area contributed by atoms with Crippen molar-refractivity contribution in [2.45, 2.75) is 24.1 Å². The Morgan fingerprint density at radius 2 is 2.21 bits per heavy atom. The second-order valence-corrected chi connectivity index (χ2v) is 6.89. The number of sulfonamides is 1. The molecule has 1 fully saturated rings. The van der Waals surface area contributed by atoms with E-state index in [1.807, 2.05) is 14.1 Å². The summed E-state index contributed by atoms with van der Waals surface area (Å²) < 4.78 is 31.7. The Morgan fingerprint density at radius 3 is 2.79 bits per heavy atom. The lowest BCUT2D eigenvalue weighted by molar-refractivity contribution is 0.300. The first-order chi connectivity index (χ1) is 8.95. The third-order valence-corrected chi connectivity index (χ3v) is 5.18. The molecule has 1 aliphatic rings. The largest absolute Gasteiger partial charge is 0.447 e. The number of nitrogens with zero attached hydrogens (tertiary/aromatic N) is 2. The smallest absolute Gasteiger partial charge is 0.276 e. The second kappa shape index (κ2) is 5.62. The summed E-state index contributed by atoms with van der Waals surface area (Å²) in [5.74, 6) is 0.629. The third kappa shape index (κ3) is 3.00. The van der Waals surface area contributed by atoms with Gasteiger partial charge in [0.15, 0.2) is 0 Å². The third-order valence-electron chi connectivity index (χ3n) is 3.44. The van der Waals surface area contributed by atoms with Crippen molar-refractivity contribution in [3.63, 3.8) is 0 Å². The summed E-state index contributed by atoms with van der Waals surface area (Å²) in [4.78, 5) is 2.06. The molecule has 19 heavy (non-hydrogen) atoms. The predicted octanol–water partition coefficient (Wildman–Crippen LogP) is 0.324. The van der Waals surface area contributed by atoms with Crippen molar-refractivity contribution in [1.82, 2.24) is 14.5 Å². The quantitative estimate of drug-likeness (QED) is 0.845. The second-order valence-electron chi connectivity index (χ2n) is 5.02. The van der Waals surface area contributed by atoms with E-state index in [1.54, 1.807) is 13.1 Å². The highest BCUT2D eigenvalue weighted by atomic mass is 32.2. The molecule has 0 spiro atoms. The molecule has 1 aromatic rings. The van der Waals surface area contributed by atoms with E-state index in [0.717, 1.165) is 6.42 Å². The molecule has 0 bridgehead atoms. The molecule has 2 rings (SSSR count). The number of hydrogen-bond donors (Lipinski definition) is 1. The summed E-state index contributed by atoms with van der Waals surface area (Å²) in [7, 11) is 2.24. The minimum Gasteiger partial charge on any atom is -0.447 e. The summed E-state index contributed by atoms with van der Waals surface area (Å²) in [6.07, 6.45) is 0.857. The SMILES string of the molecule is CNCc1ccc(S(=O)(=O)N2CCC(N(C)C)C2)o1. The van der Waals surface area contributed by atoms with Crippen LogP contribution in [0.1, 0.15) is 12.2 Å². The van der Waals surface area contributed by atoms with E-state index >= 15 is 0 Å². The topological polar surface area (TPSA) is 65.8 Å². The highest BCUT2D eigenvalue weighted by molar-refractivity contribution is 7.89. The minimum atomic E-state index is -3.49. The molecule has 0 aliphatic carbocycles. The zero-order valence-corrected chi connectivity index (χ0v) is 12.4. The fraction of sp³-hybridized carbons (Fsp3) is 0.667. The van der Waals surface area contributed by atoms with Gasteiger partial charge < -0.3 is 14.6 Å². The van der Waals surface area contributed by atoms with Gasteiger partial charge in [-0.2, -0.15) is 4.31 Å². The van der Waals surface area contributed by atoms with E-state index < -0.39 is 10.0 Å². The van der Waals surface area contributed by atoms with Crippen LogP contribution in [0.3, 0.4) is 0 Å². The van der Waals surface area contributed by atoms with Crippen LogP contribution in [0.5, 0.6) is 0 Å². The van der Waals surface area contributed by atoms with Crippen LogP contribution in [0.4, 0.5) is 0 Å². The average molecular weight is 287 g/mol. The lowest BCUT2D eigenvalue weighted by atomic mass is 10.2. The standard InChI is InChI=1S/C12H21N3O3S/c1-13-8-11-4-5-12(18-11)19(16,17)15-7-6-10(9-15)14(2)3/h4-5,10,13H,6-9H2,1-3H3. The lowest BCUT2D eigenvalue weighted by Gasteiger charge is -2.19. The fourth-order valence-electron chi connectivity index (χ4n) is 2.24. The predicted molar refractivity (Wildman–Crippen MR) is 72.3 cm³/mol. The summed E-state index contributed by atoms with van der Waals surface area (Å²) in [6, 6.07) is 3.51. The van der Waals surface area contributed by atoms with Crippen molar-refractivity contribution in [3.05, 3.63) is 17.9 Å². The lowest BCUT2D eigenvalue weighted by Crippen LogP contribution is -2.34. The monoisotopic (exact) mass is 287 g/mol. The van der Waals surface area contributed by atoms with Gasteiger partial charge in [-0.15, -0.1) is 0 Å². The van der Waals surface area contributed by atoms with Crippen LogP contribution < -0.4 is 5.32 Å². The van der Waals surface area contributed by atoms with E-state index in [-0.39, 0.29) is 11.1 Å². The molecule has 1 aliphatic heterocycles. The molecule has 1 aromatic heterocycles. The number of nitrogens with one attached hydrogen (secondary N) is 1. The Balaban J connectivity index is 2.14. The van der Waals surface area contributed by atoms with Gasteiger partial charge in [-0.05, 0) is 39.7 Å². The van der Waals surface area contributed by atoms with Crippen LogP contribution in [-0.2, 0) is 16.6 Å². The molecule has 0 saturated carbocycles. The van der Waals surface area contributed by atoms with E-state index in [9.17, 15) is 8.42 Å². The molecule has 7 heteroatoms. The maximum atomic E-state index is 12.4. The Hall–Kier alpha value is -0.890. The molecule has 2 heterocycles. The van der Waals surface area contributed by atoms with Gasteiger partial charge in [0.2, 0.25) is 5.09 Å². The minimum absolute atomic E-state index is 0.0390. The van der Waals surface area contributed by atoms with Crippen LogP contribution >= 0.6 is 0 Å². The first-order valence-corrected chi connectivity index (χ1v) is 7.79. The van der Waals surface area contributed by atoms with Crippen LogP contribution in [0.15, 0.2) is 21.6 Å². The van der Waals surface area contributed by atoms with Gasteiger partial charge in [-0.1, -0.05) is 0 Å². The van der Waals surface area contributed by atoms with Gasteiger partial charge in [0.25, 0.3) is 10.0 Å². The number of furan rings is 1. The number of hydrogen-bond acceptors (Lipinski definition) is 5. The van der Waals surface area contributed by atoms with E-state index in [1.165, 1.54) is 10.4 Å². The Labute approximate surface area is 114 Å². The Bertz CT molecular complexity index is 524. The van der Waals surface area contributed by atoms with E-state index in [0.29, 0.717) is 25.4 Å². The maximum absolute atomic E-state index is 12.4. The summed E-state index contributed by atoms with van der Waals surface area (Å²) in [6.45, 7) is 1.60. The highest BCUT2D eigenvalue weighted by Gasteiger charge is 2.35. The van der Waals surface area contributed by atoms with Gasteiger partial charge in [0.1, 0.15) is 5.76 Å². The van der Waals surface area contributed by atoms with Gasteiger partial charge >= 0.3 is 0 Å². The van der Waals surface area contributed by atoms with Crippen molar-refractivity contribution in [2.75, 3.05) is 34.2 Å². The Kier molecular flexibility index (Phi) is 4.29. The van der Waals surface area contributed by atoms with Crippen LogP contribution in [0, 0.1) is 0 Å². The van der Waals surface area contributed by atoms with Crippen LogP contribution in [0.2, 0.25) is 0 Å². The highest BCUT2D eigenvalue weighted by Crippen LogP contribution is 2.24. The van der Waals surface area contributed by atoms with Gasteiger partial charge in [-0.3, -0.25) is 0 Å². The van der Waals surface area contributed by atoms with E-state index in [2.05, 4.69) is 10.2 Å². The molecule has 1 saturated heterocycles. The van der Waals surface area contributed by atoms with Crippen LogP contribution in [-0.4, -0.2) is 57.9 Å². The zero-order valence-electron chi connectivity index (χ0n) is 11.6. The molecular formula is C12H21N3O3S. The summed E-state index contributed by atoms with van der Waals surface area (Å²) in [5.41, 5.74) is 0. The van der Waals surface area contributed by atoms with Crippen molar-refractivity contribution in [2.24, 2.45) is 0 Å². The molecule has 0 aromatic carbocycles. The first kappa shape index (κ1) is 14.5. The molecule has 1 atom stereocenters. The van der Waals surface area contributed by atoms with Crippen molar-refractivity contribution in [1.29, 1.82) is 0 Å². The normalized spacial score (nSPS) is 21.4. The van der Waals surface area contributed by atoms with Gasteiger partial charge in [0, 0.05) is 19.1 Å². The molecular weight excluding hydrogens is 266 g/mol. The average Bonchev–Trinajstić information content (AvgIpc) is 2.98. The number of likely N-dealkylation sites (N-methyl/N-ethyl adjacent to an activating group) is 1. The van der Waals surface area contributed by atoms with Crippen molar-refractivity contribution >= 4 is 10.0 Å². The molecule has 0 radical (unpaired) electrons. The zero-order chi connectivity index (χ0) is 14.0. The number of rotatable bonds is 5. The Morgan fingerprint density at radius 1 is 1.47 bits per heavy atom. The summed E-state index contributed by atoms with van der Waals surface area (Å²) >= 11 is 0. The molecule has 1 N–H and O–H groups in total. The van der Waals surface area contributed by atoms with Crippen LogP contribution in [0.25, 0.3) is 0 Å². The van der Waals surface area contributed by atoms with Gasteiger partial charge in [0.05, 0.1) is 6.54 Å². The van der Waals surface area contributed by atoms with E-state index in [4.69, 9.17) is 4.42 Å². The van der Waals surface area contributed by atoms with Gasteiger partial charge in [-0.25, -0.2) is 8.42 Å². The summed E-state index contributed by atoms with van der Waals surface area (Å²) in [5, 5.41) is 2.97. The molecule has 0 amide bonds. The molecule has 1 unspecified atom stereocenters. The first-order valence-electron chi connectivity index (χ1n) is 6.35. The maximum Gasteiger partial charge on any atom is 0.276 e. The van der Waals surface area contributed by atoms with Crippen molar-refractivity contribution < 1.29 is 12.8 Å². The molecule has 6 nitrogen and oxygen atoms in total. The molecule has 108 valence electrons.